The minimum Gasteiger partial charge on any atom is -0.479 e. The van der Waals surface area contributed by atoms with Crippen LogP contribution in [0.1, 0.15) is 26.2 Å². The third-order valence-corrected chi connectivity index (χ3v) is 2.89. The van der Waals surface area contributed by atoms with Crippen LogP contribution in [0.2, 0.25) is 0 Å². The summed E-state index contributed by atoms with van der Waals surface area (Å²) in [6.07, 6.45) is 3.03. The Morgan fingerprint density at radius 1 is 1.44 bits per heavy atom. The zero-order valence-electron chi connectivity index (χ0n) is 11.1. The highest BCUT2D eigenvalue weighted by molar-refractivity contribution is 5.53. The Kier molecular flexibility index (Phi) is 6.28. The molecule has 1 aromatic heterocycles. The van der Waals surface area contributed by atoms with Crippen molar-refractivity contribution < 1.29 is 9.84 Å². The van der Waals surface area contributed by atoms with E-state index in [0.717, 1.165) is 31.6 Å². The second-order valence-corrected chi connectivity index (χ2v) is 4.34. The lowest BCUT2D eigenvalue weighted by Crippen LogP contribution is -2.16. The molecule has 0 aromatic carbocycles. The third kappa shape index (κ3) is 4.41. The molecule has 0 fully saturated rings. The lowest BCUT2D eigenvalue weighted by atomic mass is 10.0. The van der Waals surface area contributed by atoms with Gasteiger partial charge in [-0.1, -0.05) is 13.3 Å². The Labute approximate surface area is 108 Å². The first kappa shape index (κ1) is 14.6. The van der Waals surface area contributed by atoms with Gasteiger partial charge in [0.15, 0.2) is 0 Å². The van der Waals surface area contributed by atoms with Crippen LogP contribution in [-0.4, -0.2) is 30.4 Å². The number of aliphatic hydroxyl groups is 1. The average Bonchev–Trinajstić information content (AvgIpc) is 2.38. The van der Waals surface area contributed by atoms with Gasteiger partial charge in [0.05, 0.1) is 12.8 Å². The molecule has 0 radical (unpaired) electrons. The lowest BCUT2D eigenvalue weighted by molar-refractivity contribution is 0.255. The van der Waals surface area contributed by atoms with Crippen molar-refractivity contribution in [3.8, 4) is 5.88 Å². The van der Waals surface area contributed by atoms with Crippen molar-refractivity contribution >= 4 is 11.5 Å². The van der Waals surface area contributed by atoms with Gasteiger partial charge in [-0.25, -0.2) is 0 Å². The van der Waals surface area contributed by atoms with E-state index in [4.69, 9.17) is 15.6 Å². The van der Waals surface area contributed by atoms with Crippen molar-refractivity contribution in [3.05, 3.63) is 12.1 Å². The topological polar surface area (TPSA) is 80.4 Å². The molecule has 0 spiro atoms. The molecule has 1 rings (SSSR count). The summed E-state index contributed by atoms with van der Waals surface area (Å²) >= 11 is 0. The van der Waals surface area contributed by atoms with Gasteiger partial charge in [-0.3, -0.25) is 0 Å². The SMILES string of the molecule is CCCC(CCO)CNc1ccc(N)c(OC)n1. The standard InChI is InChI=1S/C13H23N3O2/c1-3-4-10(7-8-17)9-15-12-6-5-11(14)13(16-12)18-2/h5-6,10,17H,3-4,7-9,14H2,1-2H3,(H,15,16). The van der Waals surface area contributed by atoms with Crippen LogP contribution in [0.4, 0.5) is 11.5 Å². The number of aliphatic hydroxyl groups excluding tert-OH is 1. The van der Waals surface area contributed by atoms with Gasteiger partial charge >= 0.3 is 0 Å². The van der Waals surface area contributed by atoms with Crippen LogP contribution >= 0.6 is 0 Å². The predicted molar refractivity (Wildman–Crippen MR) is 73.8 cm³/mol. The maximum absolute atomic E-state index is 9.00. The van der Waals surface area contributed by atoms with Crippen molar-refractivity contribution in [1.82, 2.24) is 4.98 Å². The largest absolute Gasteiger partial charge is 0.479 e. The van der Waals surface area contributed by atoms with E-state index < -0.39 is 0 Å². The number of rotatable bonds is 8. The molecule has 102 valence electrons. The van der Waals surface area contributed by atoms with Gasteiger partial charge in [-0.15, -0.1) is 0 Å². The molecule has 0 aliphatic rings. The molecule has 4 N–H and O–H groups in total. The predicted octanol–water partition coefficient (Wildman–Crippen LogP) is 1.88. The van der Waals surface area contributed by atoms with Crippen molar-refractivity contribution in [2.75, 3.05) is 31.3 Å². The van der Waals surface area contributed by atoms with Crippen molar-refractivity contribution in [3.63, 3.8) is 0 Å². The molecule has 0 saturated carbocycles. The first-order valence-corrected chi connectivity index (χ1v) is 6.36. The van der Waals surface area contributed by atoms with Gasteiger partial charge in [0, 0.05) is 13.2 Å². The molecule has 1 aromatic rings. The maximum atomic E-state index is 9.00. The molecule has 0 saturated heterocycles. The smallest absolute Gasteiger partial charge is 0.238 e. The summed E-state index contributed by atoms with van der Waals surface area (Å²) in [6.45, 7) is 3.17. The number of nitrogens with two attached hydrogens (primary N) is 1. The summed E-state index contributed by atoms with van der Waals surface area (Å²) in [4.78, 5) is 4.26. The summed E-state index contributed by atoms with van der Waals surface area (Å²) in [5, 5.41) is 12.3. The summed E-state index contributed by atoms with van der Waals surface area (Å²) in [5.41, 5.74) is 6.23. The Morgan fingerprint density at radius 2 is 2.22 bits per heavy atom. The first-order valence-electron chi connectivity index (χ1n) is 6.36. The maximum Gasteiger partial charge on any atom is 0.238 e. The van der Waals surface area contributed by atoms with E-state index in [1.165, 1.54) is 0 Å². The van der Waals surface area contributed by atoms with Gasteiger partial charge in [-0.2, -0.15) is 4.98 Å². The molecule has 0 aliphatic heterocycles. The van der Waals surface area contributed by atoms with Crippen LogP contribution in [0, 0.1) is 5.92 Å². The fraction of sp³-hybridized carbons (Fsp3) is 0.615. The number of aromatic nitrogens is 1. The number of hydrogen-bond acceptors (Lipinski definition) is 5. The second-order valence-electron chi connectivity index (χ2n) is 4.34. The number of nitrogen functional groups attached to an aromatic ring is 1. The molecule has 1 heterocycles. The Balaban J connectivity index is 2.55. The normalized spacial score (nSPS) is 12.2. The minimum atomic E-state index is 0.227. The lowest BCUT2D eigenvalue weighted by Gasteiger charge is -2.16. The fourth-order valence-corrected chi connectivity index (χ4v) is 1.90. The quantitative estimate of drug-likeness (QED) is 0.659. The van der Waals surface area contributed by atoms with Crippen LogP contribution < -0.4 is 15.8 Å². The number of ether oxygens (including phenoxy) is 1. The Bertz CT molecular complexity index is 352. The summed E-state index contributed by atoms with van der Waals surface area (Å²) in [5.74, 6) is 1.65. The van der Waals surface area contributed by atoms with Crippen LogP contribution in [0.25, 0.3) is 0 Å². The van der Waals surface area contributed by atoms with Gasteiger partial charge in [0.25, 0.3) is 0 Å². The van der Waals surface area contributed by atoms with Crippen molar-refractivity contribution in [1.29, 1.82) is 0 Å². The molecule has 5 nitrogen and oxygen atoms in total. The number of anilines is 2. The van der Waals surface area contributed by atoms with E-state index in [1.54, 1.807) is 13.2 Å². The minimum absolute atomic E-state index is 0.227. The number of pyridine rings is 1. The van der Waals surface area contributed by atoms with Gasteiger partial charge < -0.3 is 20.9 Å². The second kappa shape index (κ2) is 7.76. The highest BCUT2D eigenvalue weighted by atomic mass is 16.5. The molecule has 0 aliphatic carbocycles. The highest BCUT2D eigenvalue weighted by Crippen LogP contribution is 2.20. The van der Waals surface area contributed by atoms with Crippen LogP contribution in [0.3, 0.4) is 0 Å². The van der Waals surface area contributed by atoms with Gasteiger partial charge in [-0.05, 0) is 30.9 Å². The first-order chi connectivity index (χ1) is 8.71. The monoisotopic (exact) mass is 253 g/mol. The van der Waals surface area contributed by atoms with E-state index in [-0.39, 0.29) is 6.61 Å². The molecular formula is C13H23N3O2. The molecule has 0 amide bonds. The molecule has 5 heteroatoms. The molecular weight excluding hydrogens is 230 g/mol. The number of methoxy groups -OCH3 is 1. The number of nitrogens with zero attached hydrogens (tertiary/aromatic N) is 1. The third-order valence-electron chi connectivity index (χ3n) is 2.89. The number of nitrogens with one attached hydrogen (secondary N) is 1. The van der Waals surface area contributed by atoms with Crippen molar-refractivity contribution in [2.24, 2.45) is 5.92 Å². The molecule has 1 unspecified atom stereocenters. The zero-order valence-corrected chi connectivity index (χ0v) is 11.1. The van der Waals surface area contributed by atoms with Crippen LogP contribution in [0.5, 0.6) is 5.88 Å². The van der Waals surface area contributed by atoms with E-state index >= 15 is 0 Å². The van der Waals surface area contributed by atoms with Crippen molar-refractivity contribution in [2.45, 2.75) is 26.2 Å². The summed E-state index contributed by atoms with van der Waals surface area (Å²) < 4.78 is 5.07. The Hall–Kier alpha value is -1.49. The van der Waals surface area contributed by atoms with E-state index in [2.05, 4.69) is 17.2 Å². The van der Waals surface area contributed by atoms with E-state index in [1.807, 2.05) is 6.07 Å². The number of hydrogen-bond donors (Lipinski definition) is 3. The highest BCUT2D eigenvalue weighted by Gasteiger charge is 2.08. The van der Waals surface area contributed by atoms with E-state index in [0.29, 0.717) is 17.5 Å². The van der Waals surface area contributed by atoms with Gasteiger partial charge in [0.2, 0.25) is 5.88 Å². The zero-order chi connectivity index (χ0) is 13.4. The molecule has 1 atom stereocenters. The molecule has 18 heavy (non-hydrogen) atoms. The Morgan fingerprint density at radius 3 is 2.83 bits per heavy atom. The van der Waals surface area contributed by atoms with Crippen LogP contribution in [-0.2, 0) is 0 Å². The van der Waals surface area contributed by atoms with Crippen LogP contribution in [0.15, 0.2) is 12.1 Å². The average molecular weight is 253 g/mol. The summed E-state index contributed by atoms with van der Waals surface area (Å²) in [7, 11) is 1.55. The van der Waals surface area contributed by atoms with E-state index in [9.17, 15) is 0 Å². The summed E-state index contributed by atoms with van der Waals surface area (Å²) in [6, 6.07) is 3.61. The fourth-order valence-electron chi connectivity index (χ4n) is 1.90. The molecule has 0 bridgehead atoms. The van der Waals surface area contributed by atoms with Gasteiger partial charge in [0.1, 0.15) is 5.82 Å².